The summed E-state index contributed by atoms with van der Waals surface area (Å²) < 4.78 is 0.822. The van der Waals surface area contributed by atoms with Crippen molar-refractivity contribution in [1.29, 1.82) is 0 Å². The Hall–Kier alpha value is 0.430. The van der Waals surface area contributed by atoms with Gasteiger partial charge in [0.25, 0.3) is 0 Å². The summed E-state index contributed by atoms with van der Waals surface area (Å²) in [6.07, 6.45) is 0. The zero-order chi connectivity index (χ0) is 11.3. The van der Waals surface area contributed by atoms with Gasteiger partial charge in [0.2, 0.25) is 0 Å². The van der Waals surface area contributed by atoms with Crippen LogP contribution in [0.4, 0.5) is 5.69 Å². The Morgan fingerprint density at radius 3 is 2.73 bits per heavy atom. The van der Waals surface area contributed by atoms with Crippen molar-refractivity contribution in [2.24, 2.45) is 0 Å². The molecule has 0 spiro atoms. The molecule has 84 valence electrons. The number of benzene rings is 1. The average Bonchev–Trinajstić information content (AvgIpc) is 2.24. The zero-order valence-electron chi connectivity index (χ0n) is 8.32. The molecule has 1 aromatic rings. The van der Waals surface area contributed by atoms with Gasteiger partial charge in [0.05, 0.1) is 15.7 Å². The van der Waals surface area contributed by atoms with Gasteiger partial charge < -0.3 is 5.32 Å². The molecule has 0 atom stereocenters. The topological polar surface area (TPSA) is 12.0 Å². The van der Waals surface area contributed by atoms with Crippen molar-refractivity contribution in [3.05, 3.63) is 26.7 Å². The van der Waals surface area contributed by atoms with Crippen LogP contribution in [0.3, 0.4) is 0 Å². The van der Waals surface area contributed by atoms with E-state index in [0.717, 1.165) is 28.2 Å². The first kappa shape index (κ1) is 13.5. The lowest BCUT2D eigenvalue weighted by molar-refractivity contribution is 1.22. The third-order valence-electron chi connectivity index (χ3n) is 1.80. The summed E-state index contributed by atoms with van der Waals surface area (Å²) in [6, 6.07) is 3.82. The molecule has 15 heavy (non-hydrogen) atoms. The molecular formula is C10H12BrCl2NS. The van der Waals surface area contributed by atoms with Gasteiger partial charge in [-0.2, -0.15) is 11.8 Å². The van der Waals surface area contributed by atoms with E-state index < -0.39 is 0 Å². The minimum atomic E-state index is 0.560. The highest BCUT2D eigenvalue weighted by atomic mass is 79.9. The molecule has 0 bridgehead atoms. The first-order chi connectivity index (χ1) is 7.16. The smallest absolute Gasteiger partial charge is 0.0835 e. The van der Waals surface area contributed by atoms with Gasteiger partial charge in [0, 0.05) is 16.8 Å². The van der Waals surface area contributed by atoms with Gasteiger partial charge in [0.15, 0.2) is 0 Å². The summed E-state index contributed by atoms with van der Waals surface area (Å²) in [5, 5.41) is 4.39. The van der Waals surface area contributed by atoms with E-state index in [0.29, 0.717) is 10.0 Å². The van der Waals surface area contributed by atoms with Crippen molar-refractivity contribution < 1.29 is 0 Å². The maximum absolute atomic E-state index is 6.08. The molecule has 1 nitrogen and oxygen atoms in total. The van der Waals surface area contributed by atoms with E-state index in [4.69, 9.17) is 23.2 Å². The fourth-order valence-corrected chi connectivity index (χ4v) is 2.44. The summed E-state index contributed by atoms with van der Waals surface area (Å²) in [4.78, 5) is 0. The lowest BCUT2D eigenvalue weighted by Crippen LogP contribution is -2.04. The summed E-state index contributed by atoms with van der Waals surface area (Å²) in [6.45, 7) is 3.05. The number of hydrogen-bond donors (Lipinski definition) is 1. The minimum Gasteiger partial charge on any atom is -0.383 e. The van der Waals surface area contributed by atoms with Crippen molar-refractivity contribution in [2.45, 2.75) is 6.92 Å². The molecule has 0 heterocycles. The van der Waals surface area contributed by atoms with Crippen LogP contribution < -0.4 is 5.32 Å². The lowest BCUT2D eigenvalue weighted by atomic mass is 10.3. The van der Waals surface area contributed by atoms with Crippen LogP contribution in [0, 0.1) is 0 Å². The third-order valence-corrected chi connectivity index (χ3v) is 4.47. The van der Waals surface area contributed by atoms with Crippen LogP contribution in [-0.2, 0) is 0 Å². The van der Waals surface area contributed by atoms with E-state index in [9.17, 15) is 0 Å². The van der Waals surface area contributed by atoms with Gasteiger partial charge in [0.1, 0.15) is 0 Å². The molecule has 0 radical (unpaired) electrons. The summed E-state index contributed by atoms with van der Waals surface area (Å²) >= 11 is 17.3. The molecular weight excluding hydrogens is 317 g/mol. The quantitative estimate of drug-likeness (QED) is 0.608. The first-order valence-corrected chi connectivity index (χ1v) is 7.32. The van der Waals surface area contributed by atoms with Gasteiger partial charge >= 0.3 is 0 Å². The van der Waals surface area contributed by atoms with Gasteiger partial charge in [-0.25, -0.2) is 0 Å². The second kappa shape index (κ2) is 6.89. The standard InChI is InChI=1S/C10H12BrCl2NS/c1-2-15-6-5-14-8-4-3-7(11)9(12)10(8)13/h3-4,14H,2,5-6H2,1H3. The van der Waals surface area contributed by atoms with Crippen molar-refractivity contribution >= 4 is 56.6 Å². The monoisotopic (exact) mass is 327 g/mol. The van der Waals surface area contributed by atoms with Crippen LogP contribution in [0.2, 0.25) is 10.0 Å². The Balaban J connectivity index is 2.58. The van der Waals surface area contributed by atoms with E-state index >= 15 is 0 Å². The second-order valence-electron chi connectivity index (χ2n) is 2.85. The first-order valence-electron chi connectivity index (χ1n) is 4.62. The van der Waals surface area contributed by atoms with Crippen molar-refractivity contribution in [2.75, 3.05) is 23.4 Å². The molecule has 1 N–H and O–H groups in total. The molecule has 5 heteroatoms. The van der Waals surface area contributed by atoms with Crippen molar-refractivity contribution in [3.8, 4) is 0 Å². The highest BCUT2D eigenvalue weighted by molar-refractivity contribution is 9.10. The largest absolute Gasteiger partial charge is 0.383 e. The summed E-state index contributed by atoms with van der Waals surface area (Å²) in [5.41, 5.74) is 0.890. The van der Waals surface area contributed by atoms with Crippen molar-refractivity contribution in [3.63, 3.8) is 0 Å². The van der Waals surface area contributed by atoms with E-state index in [1.54, 1.807) is 0 Å². The fourth-order valence-electron chi connectivity index (χ4n) is 1.06. The average molecular weight is 329 g/mol. The Kier molecular flexibility index (Phi) is 6.20. The molecule has 0 aliphatic carbocycles. The fraction of sp³-hybridized carbons (Fsp3) is 0.400. The van der Waals surface area contributed by atoms with Gasteiger partial charge in [-0.15, -0.1) is 0 Å². The Labute approximate surface area is 113 Å². The lowest BCUT2D eigenvalue weighted by Gasteiger charge is -2.09. The predicted octanol–water partition coefficient (Wildman–Crippen LogP) is 4.92. The number of nitrogens with one attached hydrogen (secondary N) is 1. The van der Waals surface area contributed by atoms with Gasteiger partial charge in [-0.05, 0) is 33.8 Å². The maximum atomic E-state index is 6.08. The number of anilines is 1. The van der Waals surface area contributed by atoms with Crippen LogP contribution in [0.1, 0.15) is 6.92 Å². The maximum Gasteiger partial charge on any atom is 0.0835 e. The molecule has 0 aromatic heterocycles. The molecule has 1 rings (SSSR count). The van der Waals surface area contributed by atoms with Crippen LogP contribution in [-0.4, -0.2) is 18.1 Å². The Morgan fingerprint density at radius 1 is 1.33 bits per heavy atom. The molecule has 0 saturated carbocycles. The van der Waals surface area contributed by atoms with E-state index in [1.807, 2.05) is 23.9 Å². The molecule has 0 amide bonds. The second-order valence-corrected chi connectivity index (χ2v) is 5.85. The molecule has 0 unspecified atom stereocenters. The summed E-state index contributed by atoms with van der Waals surface area (Å²) in [7, 11) is 0. The van der Waals surface area contributed by atoms with E-state index in [2.05, 4.69) is 28.2 Å². The number of thioether (sulfide) groups is 1. The molecule has 0 aliphatic heterocycles. The third kappa shape index (κ3) is 4.06. The van der Waals surface area contributed by atoms with Crippen LogP contribution in [0.25, 0.3) is 0 Å². The predicted molar refractivity (Wildman–Crippen MR) is 75.7 cm³/mol. The van der Waals surface area contributed by atoms with Gasteiger partial charge in [-0.3, -0.25) is 0 Å². The van der Waals surface area contributed by atoms with Crippen LogP contribution in [0.15, 0.2) is 16.6 Å². The van der Waals surface area contributed by atoms with E-state index in [1.165, 1.54) is 0 Å². The van der Waals surface area contributed by atoms with E-state index in [-0.39, 0.29) is 0 Å². The van der Waals surface area contributed by atoms with Crippen molar-refractivity contribution in [1.82, 2.24) is 0 Å². The zero-order valence-corrected chi connectivity index (χ0v) is 12.2. The minimum absolute atomic E-state index is 0.560. The van der Waals surface area contributed by atoms with Crippen LogP contribution >= 0.6 is 50.9 Å². The Bertz CT molecular complexity index is 333. The summed E-state index contributed by atoms with van der Waals surface area (Å²) in [5.74, 6) is 2.21. The highest BCUT2D eigenvalue weighted by Crippen LogP contribution is 2.35. The number of hydrogen-bond acceptors (Lipinski definition) is 2. The highest BCUT2D eigenvalue weighted by Gasteiger charge is 2.07. The SMILES string of the molecule is CCSCCNc1ccc(Br)c(Cl)c1Cl. The van der Waals surface area contributed by atoms with Crippen LogP contribution in [0.5, 0.6) is 0 Å². The number of rotatable bonds is 5. The Morgan fingerprint density at radius 2 is 2.07 bits per heavy atom. The normalized spacial score (nSPS) is 10.4. The molecule has 0 fully saturated rings. The molecule has 1 aromatic carbocycles. The molecule has 0 aliphatic rings. The number of halogens is 3. The molecule has 0 saturated heterocycles. The van der Waals surface area contributed by atoms with Gasteiger partial charge in [-0.1, -0.05) is 30.1 Å².